The van der Waals surface area contributed by atoms with Crippen molar-refractivity contribution in [3.63, 3.8) is 0 Å². The zero-order chi connectivity index (χ0) is 24.0. The number of nitro groups is 1. The number of rotatable bonds is 12. The summed E-state index contributed by atoms with van der Waals surface area (Å²) in [4.78, 5) is 23.3. The van der Waals surface area contributed by atoms with Gasteiger partial charge >= 0.3 is 0 Å². The summed E-state index contributed by atoms with van der Waals surface area (Å²) in [6.07, 6.45) is 11.4. The maximum atomic E-state index is 11.9. The second kappa shape index (κ2) is 11.3. The van der Waals surface area contributed by atoms with E-state index in [2.05, 4.69) is 47.2 Å². The molecular formula is C27H35BrN2O3. The number of anilines is 1. The van der Waals surface area contributed by atoms with E-state index in [-0.39, 0.29) is 17.0 Å². The van der Waals surface area contributed by atoms with Gasteiger partial charge in [0.25, 0.3) is 5.69 Å². The van der Waals surface area contributed by atoms with Crippen molar-refractivity contribution in [3.8, 4) is 11.1 Å². The van der Waals surface area contributed by atoms with Crippen molar-refractivity contribution in [2.24, 2.45) is 0 Å². The van der Waals surface area contributed by atoms with E-state index in [4.69, 9.17) is 0 Å². The molecule has 6 heteroatoms. The lowest BCUT2D eigenvalue weighted by Gasteiger charge is -2.33. The van der Waals surface area contributed by atoms with Gasteiger partial charge < -0.3 is 5.32 Å². The lowest BCUT2D eigenvalue weighted by atomic mass is 9.70. The van der Waals surface area contributed by atoms with Gasteiger partial charge in [0, 0.05) is 22.9 Å². The van der Waals surface area contributed by atoms with Crippen LogP contribution in [-0.2, 0) is 10.2 Å². The van der Waals surface area contributed by atoms with Crippen LogP contribution in [0.15, 0.2) is 34.8 Å². The highest BCUT2D eigenvalue weighted by molar-refractivity contribution is 9.10. The zero-order valence-corrected chi connectivity index (χ0v) is 21.6. The number of nitro benzene ring substituents is 1. The summed E-state index contributed by atoms with van der Waals surface area (Å²) in [5.74, 6) is -0.298. The normalized spacial score (nSPS) is 13.5. The van der Waals surface area contributed by atoms with Gasteiger partial charge in [-0.15, -0.1) is 0 Å². The molecule has 0 aliphatic heterocycles. The fourth-order valence-corrected chi connectivity index (χ4v) is 5.67. The number of carbonyl (C=O) groups is 1. The molecule has 1 aliphatic carbocycles. The topological polar surface area (TPSA) is 72.2 Å². The van der Waals surface area contributed by atoms with Crippen molar-refractivity contribution in [2.75, 3.05) is 5.32 Å². The first-order chi connectivity index (χ1) is 15.8. The van der Waals surface area contributed by atoms with Crippen LogP contribution in [-0.4, -0.2) is 10.8 Å². The van der Waals surface area contributed by atoms with Crippen molar-refractivity contribution in [1.82, 2.24) is 0 Å². The molecule has 0 radical (unpaired) electrons. The predicted molar refractivity (Wildman–Crippen MR) is 139 cm³/mol. The summed E-state index contributed by atoms with van der Waals surface area (Å²) in [5, 5.41) is 14.6. The minimum atomic E-state index is -0.396. The molecule has 1 aliphatic rings. The summed E-state index contributed by atoms with van der Waals surface area (Å²) in [7, 11) is 0. The summed E-state index contributed by atoms with van der Waals surface area (Å²) >= 11 is 3.67. The molecule has 178 valence electrons. The number of hydrogen-bond donors (Lipinski definition) is 1. The number of carbonyl (C=O) groups excluding carboxylic acids is 1. The average Bonchev–Trinajstić information content (AvgIpc) is 3.02. The summed E-state index contributed by atoms with van der Waals surface area (Å²) < 4.78 is 1.03. The van der Waals surface area contributed by atoms with Crippen LogP contribution in [0.5, 0.6) is 0 Å². The van der Waals surface area contributed by atoms with Gasteiger partial charge in [0.2, 0.25) is 5.91 Å². The standard InChI is InChI=1S/C27H35BrN2O3/c1-4-6-8-10-14-27(15-11-9-7-5-2)23-16-20(28)12-13-21(23)22-17-26(30(32)33)25(18-24(22)27)29-19(3)31/h12-13,16-18H,4-11,14-15H2,1-3H3,(H,29,31). The molecule has 5 nitrogen and oxygen atoms in total. The van der Waals surface area contributed by atoms with Gasteiger partial charge in [-0.3, -0.25) is 14.9 Å². The lowest BCUT2D eigenvalue weighted by molar-refractivity contribution is -0.383. The molecule has 2 aromatic rings. The van der Waals surface area contributed by atoms with Crippen LogP contribution in [0.25, 0.3) is 11.1 Å². The Labute approximate surface area is 205 Å². The Hall–Kier alpha value is -2.21. The van der Waals surface area contributed by atoms with Gasteiger partial charge in [0.1, 0.15) is 5.69 Å². The van der Waals surface area contributed by atoms with E-state index in [9.17, 15) is 14.9 Å². The van der Waals surface area contributed by atoms with Gasteiger partial charge in [0.05, 0.1) is 4.92 Å². The number of halogens is 1. The van der Waals surface area contributed by atoms with Crippen molar-refractivity contribution in [1.29, 1.82) is 0 Å². The Bertz CT molecular complexity index is 1010. The molecule has 1 amide bonds. The third-order valence-electron chi connectivity index (χ3n) is 6.86. The highest BCUT2D eigenvalue weighted by Gasteiger charge is 2.43. The number of fused-ring (bicyclic) bond motifs is 3. The van der Waals surface area contributed by atoms with Gasteiger partial charge in [-0.1, -0.05) is 87.2 Å². The number of nitrogens with zero attached hydrogens (tertiary/aromatic N) is 1. The fourth-order valence-electron chi connectivity index (χ4n) is 5.31. The number of amides is 1. The summed E-state index contributed by atoms with van der Waals surface area (Å²) in [6.45, 7) is 5.83. The van der Waals surface area contributed by atoms with Crippen LogP contribution in [0.1, 0.15) is 96.1 Å². The Morgan fingerprint density at radius 1 is 0.939 bits per heavy atom. The van der Waals surface area contributed by atoms with E-state index >= 15 is 0 Å². The fraction of sp³-hybridized carbons (Fsp3) is 0.519. The van der Waals surface area contributed by atoms with E-state index in [1.807, 2.05) is 12.1 Å². The Balaban J connectivity index is 2.19. The molecule has 0 spiro atoms. The van der Waals surface area contributed by atoms with Crippen molar-refractivity contribution < 1.29 is 9.72 Å². The molecule has 0 heterocycles. The highest BCUT2D eigenvalue weighted by Crippen LogP contribution is 2.56. The van der Waals surface area contributed by atoms with Crippen molar-refractivity contribution >= 4 is 33.2 Å². The summed E-state index contributed by atoms with van der Waals surface area (Å²) in [6, 6.07) is 9.87. The maximum absolute atomic E-state index is 11.9. The third kappa shape index (κ3) is 5.48. The smallest absolute Gasteiger partial charge is 0.293 e. The quantitative estimate of drug-likeness (QED) is 0.175. The maximum Gasteiger partial charge on any atom is 0.293 e. The first-order valence-corrected chi connectivity index (χ1v) is 13.0. The van der Waals surface area contributed by atoms with E-state index < -0.39 is 4.92 Å². The highest BCUT2D eigenvalue weighted by atomic mass is 79.9. The zero-order valence-electron chi connectivity index (χ0n) is 20.0. The molecule has 33 heavy (non-hydrogen) atoms. The SMILES string of the molecule is CCCCCCC1(CCCCCC)c2cc(Br)ccc2-c2cc([N+](=O)[O-])c(NC(C)=O)cc21. The first kappa shape index (κ1) is 25.4. The predicted octanol–water partition coefficient (Wildman–Crippen LogP) is 8.52. The number of nitrogens with one attached hydrogen (secondary N) is 1. The molecule has 0 saturated heterocycles. The average molecular weight is 515 g/mol. The molecular weight excluding hydrogens is 480 g/mol. The monoisotopic (exact) mass is 514 g/mol. The van der Waals surface area contributed by atoms with Crippen LogP contribution >= 0.6 is 15.9 Å². The van der Waals surface area contributed by atoms with E-state index in [1.54, 1.807) is 6.07 Å². The van der Waals surface area contributed by atoms with Crippen LogP contribution in [0.3, 0.4) is 0 Å². The van der Waals surface area contributed by atoms with Crippen molar-refractivity contribution in [3.05, 3.63) is 56.0 Å². The number of benzene rings is 2. The molecule has 0 aromatic heterocycles. The Morgan fingerprint density at radius 3 is 2.09 bits per heavy atom. The van der Waals surface area contributed by atoms with Crippen LogP contribution in [0, 0.1) is 10.1 Å². The van der Waals surface area contributed by atoms with Gasteiger partial charge in [-0.2, -0.15) is 0 Å². The molecule has 0 fully saturated rings. The van der Waals surface area contributed by atoms with Gasteiger partial charge in [0.15, 0.2) is 0 Å². The van der Waals surface area contributed by atoms with Gasteiger partial charge in [-0.05, 0) is 53.3 Å². The minimum absolute atomic E-state index is 0.0504. The second-order valence-electron chi connectivity index (χ2n) is 9.25. The second-order valence-corrected chi connectivity index (χ2v) is 10.2. The number of hydrogen-bond acceptors (Lipinski definition) is 3. The lowest BCUT2D eigenvalue weighted by Crippen LogP contribution is -2.26. The largest absolute Gasteiger partial charge is 0.321 e. The Kier molecular flexibility index (Phi) is 8.69. The van der Waals surface area contributed by atoms with Crippen LogP contribution in [0.4, 0.5) is 11.4 Å². The molecule has 3 rings (SSSR count). The molecule has 0 saturated carbocycles. The third-order valence-corrected chi connectivity index (χ3v) is 7.35. The molecule has 1 N–H and O–H groups in total. The molecule has 0 atom stereocenters. The Morgan fingerprint density at radius 2 is 1.55 bits per heavy atom. The number of unbranched alkanes of at least 4 members (excludes halogenated alkanes) is 6. The molecule has 0 unspecified atom stereocenters. The minimum Gasteiger partial charge on any atom is -0.321 e. The van der Waals surface area contributed by atoms with Crippen molar-refractivity contribution in [2.45, 2.75) is 90.4 Å². The first-order valence-electron chi connectivity index (χ1n) is 12.2. The van der Waals surface area contributed by atoms with Crippen LogP contribution < -0.4 is 5.32 Å². The molecule has 2 aromatic carbocycles. The van der Waals surface area contributed by atoms with E-state index in [0.29, 0.717) is 5.69 Å². The van der Waals surface area contributed by atoms with Crippen LogP contribution in [0.2, 0.25) is 0 Å². The van der Waals surface area contributed by atoms with E-state index in [0.717, 1.165) is 46.8 Å². The van der Waals surface area contributed by atoms with E-state index in [1.165, 1.54) is 51.0 Å². The van der Waals surface area contributed by atoms with Gasteiger partial charge in [-0.25, -0.2) is 0 Å². The summed E-state index contributed by atoms with van der Waals surface area (Å²) in [5.41, 5.74) is 4.45. The molecule has 0 bridgehead atoms.